The van der Waals surface area contributed by atoms with Gasteiger partial charge in [0, 0.05) is 37.1 Å². The van der Waals surface area contributed by atoms with Crippen LogP contribution in [0.1, 0.15) is 36.0 Å². The molecule has 0 fully saturated rings. The summed E-state index contributed by atoms with van der Waals surface area (Å²) in [5.41, 5.74) is 2.84. The Labute approximate surface area is 224 Å². The van der Waals surface area contributed by atoms with Crippen molar-refractivity contribution < 1.29 is 14.0 Å². The predicted molar refractivity (Wildman–Crippen MR) is 148 cm³/mol. The van der Waals surface area contributed by atoms with E-state index < -0.39 is 5.41 Å². The molecule has 5 rings (SSSR count). The van der Waals surface area contributed by atoms with Crippen molar-refractivity contribution in [3.05, 3.63) is 77.9 Å². The minimum atomic E-state index is -0.517. The molecular weight excluding hydrogens is 500 g/mol. The summed E-state index contributed by atoms with van der Waals surface area (Å²) in [5, 5.41) is 2.99. The maximum atomic E-state index is 13.2. The second-order valence-corrected chi connectivity index (χ2v) is 11.1. The fourth-order valence-electron chi connectivity index (χ4n) is 4.15. The number of aromatic nitrogens is 4. The van der Waals surface area contributed by atoms with E-state index in [1.165, 1.54) is 17.7 Å². The number of hydrogen-bond donors (Lipinski definition) is 1. The molecule has 0 atom stereocenters. The third-order valence-electron chi connectivity index (χ3n) is 6.14. The van der Waals surface area contributed by atoms with E-state index in [9.17, 15) is 9.59 Å². The number of pyridine rings is 1. The average molecular weight is 529 g/mol. The third kappa shape index (κ3) is 5.21. The largest absolute Gasteiger partial charge is 0.443 e. The summed E-state index contributed by atoms with van der Waals surface area (Å²) in [6, 6.07) is 13.2. The number of rotatable bonds is 7. The van der Waals surface area contributed by atoms with Crippen LogP contribution >= 0.6 is 11.3 Å². The molecule has 194 valence electrons. The normalized spacial score (nSPS) is 11.6. The highest BCUT2D eigenvalue weighted by Gasteiger charge is 2.26. The van der Waals surface area contributed by atoms with Crippen LogP contribution in [0.3, 0.4) is 0 Å². The van der Waals surface area contributed by atoms with Gasteiger partial charge in [-0.15, -0.1) is 11.3 Å². The molecule has 4 aromatic heterocycles. The number of carbonyl (C=O) groups excluding carboxylic acids is 2. The maximum absolute atomic E-state index is 13.2. The Kier molecular flexibility index (Phi) is 6.81. The molecule has 0 bridgehead atoms. The Morgan fingerprint density at radius 2 is 1.95 bits per heavy atom. The van der Waals surface area contributed by atoms with Crippen molar-refractivity contribution in [1.82, 2.24) is 19.5 Å². The standard InChI is InChI=1S/C28H28N6O3S/c1-28(2,3)26(36)33(4)19-7-8-21-20(14-19)31-27(34(21)13-11-18-6-5-12-29-15-18)32-25(35)24-10-9-23(38-24)22-16-30-17-37-22/h5-10,12,14-17H,11,13H2,1-4H3,(H,31,32,35). The van der Waals surface area contributed by atoms with E-state index in [0.717, 1.165) is 21.6 Å². The van der Waals surface area contributed by atoms with Crippen molar-refractivity contribution in [2.24, 2.45) is 5.41 Å². The Bertz CT molecular complexity index is 1580. The molecule has 0 aliphatic heterocycles. The van der Waals surface area contributed by atoms with Gasteiger partial charge in [-0.25, -0.2) is 9.97 Å². The maximum Gasteiger partial charge on any atom is 0.268 e. The van der Waals surface area contributed by atoms with Gasteiger partial charge in [-0.2, -0.15) is 0 Å². The highest BCUT2D eigenvalue weighted by molar-refractivity contribution is 7.17. The lowest BCUT2D eigenvalue weighted by Crippen LogP contribution is -2.36. The second kappa shape index (κ2) is 10.2. The smallest absolute Gasteiger partial charge is 0.268 e. The number of amides is 2. The molecule has 38 heavy (non-hydrogen) atoms. The summed E-state index contributed by atoms with van der Waals surface area (Å²) in [4.78, 5) is 42.0. The molecular formula is C28H28N6O3S. The number of oxazole rings is 1. The van der Waals surface area contributed by atoms with E-state index in [0.29, 0.717) is 35.1 Å². The fourth-order valence-corrected chi connectivity index (χ4v) is 5.00. The van der Waals surface area contributed by atoms with E-state index in [-0.39, 0.29) is 11.8 Å². The van der Waals surface area contributed by atoms with E-state index in [1.807, 2.05) is 67.9 Å². The summed E-state index contributed by atoms with van der Waals surface area (Å²) >= 11 is 1.32. The molecule has 0 radical (unpaired) electrons. The lowest BCUT2D eigenvalue weighted by Gasteiger charge is -2.26. The Morgan fingerprint density at radius 3 is 2.66 bits per heavy atom. The first-order chi connectivity index (χ1) is 18.2. The minimum absolute atomic E-state index is 0.00152. The SMILES string of the molecule is CN(C(=O)C(C)(C)C)c1ccc2c(c1)nc(NC(=O)c1ccc(-c3cnco3)s1)n2CCc1cccnc1. The van der Waals surface area contributed by atoms with Crippen molar-refractivity contribution in [3.63, 3.8) is 0 Å². The highest BCUT2D eigenvalue weighted by atomic mass is 32.1. The third-order valence-corrected chi connectivity index (χ3v) is 7.24. The number of benzene rings is 1. The van der Waals surface area contributed by atoms with Gasteiger partial charge in [0.05, 0.1) is 27.0 Å². The average Bonchev–Trinajstić information content (AvgIpc) is 3.66. The van der Waals surface area contributed by atoms with E-state index in [1.54, 1.807) is 30.4 Å². The first kappa shape index (κ1) is 25.3. The number of fused-ring (bicyclic) bond motifs is 1. The molecule has 4 heterocycles. The topological polar surface area (TPSA) is 106 Å². The Morgan fingerprint density at radius 1 is 1.11 bits per heavy atom. The fraction of sp³-hybridized carbons (Fsp3) is 0.250. The van der Waals surface area contributed by atoms with Gasteiger partial charge < -0.3 is 13.9 Å². The van der Waals surface area contributed by atoms with Gasteiger partial charge in [0.2, 0.25) is 11.9 Å². The number of imidazole rings is 1. The van der Waals surface area contributed by atoms with Crippen LogP contribution in [0.25, 0.3) is 21.7 Å². The highest BCUT2D eigenvalue weighted by Crippen LogP contribution is 2.30. The molecule has 1 N–H and O–H groups in total. The van der Waals surface area contributed by atoms with Crippen molar-refractivity contribution in [3.8, 4) is 10.6 Å². The van der Waals surface area contributed by atoms with Gasteiger partial charge in [-0.3, -0.25) is 19.9 Å². The van der Waals surface area contributed by atoms with Crippen molar-refractivity contribution in [2.75, 3.05) is 17.3 Å². The molecule has 2 amide bonds. The summed E-state index contributed by atoms with van der Waals surface area (Å²) in [6.45, 7) is 6.26. The Hall–Kier alpha value is -4.31. The number of nitrogens with zero attached hydrogens (tertiary/aromatic N) is 5. The van der Waals surface area contributed by atoms with Gasteiger partial charge in [-0.05, 0) is 48.4 Å². The van der Waals surface area contributed by atoms with Crippen molar-refractivity contribution in [1.29, 1.82) is 0 Å². The van der Waals surface area contributed by atoms with Crippen LogP contribution in [0.15, 0.2) is 71.9 Å². The van der Waals surface area contributed by atoms with Gasteiger partial charge in [0.25, 0.3) is 5.91 Å². The number of anilines is 2. The summed E-state index contributed by atoms with van der Waals surface area (Å²) in [7, 11) is 1.76. The predicted octanol–water partition coefficient (Wildman–Crippen LogP) is 5.65. The number of hydrogen-bond acceptors (Lipinski definition) is 7. The van der Waals surface area contributed by atoms with Crippen LogP contribution in [0, 0.1) is 5.41 Å². The quantitative estimate of drug-likeness (QED) is 0.293. The van der Waals surface area contributed by atoms with Gasteiger partial charge in [0.1, 0.15) is 0 Å². The van der Waals surface area contributed by atoms with E-state index in [4.69, 9.17) is 9.40 Å². The first-order valence-corrected chi connectivity index (χ1v) is 13.0. The summed E-state index contributed by atoms with van der Waals surface area (Å²) in [5.74, 6) is 0.783. The summed E-state index contributed by atoms with van der Waals surface area (Å²) < 4.78 is 7.34. The zero-order valence-corrected chi connectivity index (χ0v) is 22.5. The first-order valence-electron chi connectivity index (χ1n) is 12.2. The zero-order chi connectivity index (χ0) is 26.9. The van der Waals surface area contributed by atoms with Crippen LogP contribution in [0.5, 0.6) is 0 Å². The molecule has 0 saturated heterocycles. The van der Waals surface area contributed by atoms with Crippen molar-refractivity contribution in [2.45, 2.75) is 33.7 Å². The van der Waals surface area contributed by atoms with Crippen LogP contribution < -0.4 is 10.2 Å². The van der Waals surface area contributed by atoms with Crippen LogP contribution in [0.2, 0.25) is 0 Å². The molecule has 1 aromatic carbocycles. The molecule has 0 aliphatic rings. The number of aryl methyl sites for hydroxylation is 2. The van der Waals surface area contributed by atoms with E-state index in [2.05, 4.69) is 15.3 Å². The monoisotopic (exact) mass is 528 g/mol. The second-order valence-electron chi connectivity index (χ2n) is 9.97. The van der Waals surface area contributed by atoms with Crippen molar-refractivity contribution >= 4 is 45.8 Å². The van der Waals surface area contributed by atoms with Crippen LogP contribution in [-0.2, 0) is 17.8 Å². The minimum Gasteiger partial charge on any atom is -0.443 e. The van der Waals surface area contributed by atoms with Gasteiger partial charge in [-0.1, -0.05) is 26.8 Å². The lowest BCUT2D eigenvalue weighted by atomic mass is 9.94. The van der Waals surface area contributed by atoms with Gasteiger partial charge in [0.15, 0.2) is 12.2 Å². The molecule has 0 aliphatic carbocycles. The van der Waals surface area contributed by atoms with Crippen LogP contribution in [0.4, 0.5) is 11.6 Å². The van der Waals surface area contributed by atoms with Gasteiger partial charge >= 0.3 is 0 Å². The molecule has 5 aromatic rings. The Balaban J connectivity index is 1.47. The van der Waals surface area contributed by atoms with E-state index >= 15 is 0 Å². The lowest BCUT2D eigenvalue weighted by molar-refractivity contribution is -0.125. The molecule has 10 heteroatoms. The number of nitrogens with one attached hydrogen (secondary N) is 1. The number of carbonyl (C=O) groups is 2. The van der Waals surface area contributed by atoms with Crippen LogP contribution in [-0.4, -0.2) is 38.4 Å². The summed E-state index contributed by atoms with van der Waals surface area (Å²) in [6.07, 6.45) is 7.26. The zero-order valence-electron chi connectivity index (χ0n) is 21.6. The number of thiophene rings is 1. The molecule has 9 nitrogen and oxygen atoms in total. The molecule has 0 spiro atoms. The molecule has 0 unspecified atom stereocenters. The molecule has 0 saturated carbocycles.